The first-order chi connectivity index (χ1) is 17.7. The largest absolute Gasteiger partial charge is 0.490 e. The number of nitrogens with zero attached hydrogens (tertiary/aromatic N) is 1. The van der Waals surface area contributed by atoms with Crippen LogP contribution in [0.15, 0.2) is 70.2 Å². The molecule has 3 aromatic carbocycles. The van der Waals surface area contributed by atoms with Crippen molar-refractivity contribution in [3.8, 4) is 11.5 Å². The molecule has 0 bridgehead atoms. The van der Waals surface area contributed by atoms with Crippen LogP contribution in [0, 0.1) is 5.82 Å². The van der Waals surface area contributed by atoms with Gasteiger partial charge in [0.15, 0.2) is 18.1 Å². The highest BCUT2D eigenvalue weighted by Gasteiger charge is 2.15. The Morgan fingerprint density at radius 3 is 2.46 bits per heavy atom. The van der Waals surface area contributed by atoms with Gasteiger partial charge in [-0.05, 0) is 83.0 Å². The van der Waals surface area contributed by atoms with Crippen molar-refractivity contribution in [1.82, 2.24) is 5.43 Å². The second kappa shape index (κ2) is 13.4. The molecule has 9 nitrogen and oxygen atoms in total. The maximum absolute atomic E-state index is 13.0. The van der Waals surface area contributed by atoms with E-state index < -0.39 is 23.5 Å². The SMILES string of the molecule is CCOc1cc(/C=N\NC(=O)C(=O)Nc2ccc(F)cc2)cc(Br)c1OCC(=O)Nc1cccc(Cl)c1. The van der Waals surface area contributed by atoms with E-state index in [0.29, 0.717) is 38.9 Å². The van der Waals surface area contributed by atoms with E-state index in [4.69, 9.17) is 21.1 Å². The molecule has 0 radical (unpaired) electrons. The fourth-order valence-electron chi connectivity index (χ4n) is 2.90. The summed E-state index contributed by atoms with van der Waals surface area (Å²) in [5, 5.41) is 9.28. The molecule has 0 unspecified atom stereocenters. The van der Waals surface area contributed by atoms with Crippen LogP contribution in [-0.2, 0) is 14.4 Å². The molecule has 3 N–H and O–H groups in total. The van der Waals surface area contributed by atoms with Gasteiger partial charge in [-0.1, -0.05) is 17.7 Å². The average molecular weight is 592 g/mol. The van der Waals surface area contributed by atoms with E-state index in [9.17, 15) is 18.8 Å². The Hall–Kier alpha value is -3.96. The number of ether oxygens (including phenoxy) is 2. The minimum Gasteiger partial charge on any atom is -0.490 e. The zero-order chi connectivity index (χ0) is 26.8. The Balaban J connectivity index is 1.61. The van der Waals surface area contributed by atoms with Gasteiger partial charge in [-0.25, -0.2) is 9.82 Å². The van der Waals surface area contributed by atoms with Gasteiger partial charge in [-0.3, -0.25) is 14.4 Å². The number of hydrogen-bond donors (Lipinski definition) is 3. The number of hydrazone groups is 1. The molecule has 0 spiro atoms. The predicted molar refractivity (Wildman–Crippen MR) is 142 cm³/mol. The standard InChI is InChI=1S/C25H21BrClFN4O5/c1-2-36-21-11-15(13-29-32-25(35)24(34)31-18-8-6-17(28)7-9-18)10-20(26)23(21)37-14-22(33)30-19-5-3-4-16(27)12-19/h3-13H,2,14H2,1H3,(H,30,33)(H,31,34)(H,32,35)/b29-13-. The number of anilines is 2. The summed E-state index contributed by atoms with van der Waals surface area (Å²) < 4.78 is 24.7. The van der Waals surface area contributed by atoms with E-state index in [1.54, 1.807) is 43.3 Å². The van der Waals surface area contributed by atoms with Gasteiger partial charge in [0, 0.05) is 16.4 Å². The van der Waals surface area contributed by atoms with Gasteiger partial charge in [-0.2, -0.15) is 5.10 Å². The lowest BCUT2D eigenvalue weighted by molar-refractivity contribution is -0.136. The number of carbonyl (C=O) groups is 3. The van der Waals surface area contributed by atoms with Crippen LogP contribution in [0.3, 0.4) is 0 Å². The minimum atomic E-state index is -1.02. The van der Waals surface area contributed by atoms with Crippen molar-refractivity contribution < 1.29 is 28.2 Å². The van der Waals surface area contributed by atoms with Crippen LogP contribution in [0.4, 0.5) is 15.8 Å². The monoisotopic (exact) mass is 590 g/mol. The Morgan fingerprint density at radius 1 is 1.00 bits per heavy atom. The molecule has 37 heavy (non-hydrogen) atoms. The number of hydrogen-bond acceptors (Lipinski definition) is 6. The number of carbonyl (C=O) groups excluding carboxylic acids is 3. The van der Waals surface area contributed by atoms with E-state index in [0.717, 1.165) is 12.1 Å². The fourth-order valence-corrected chi connectivity index (χ4v) is 3.67. The molecule has 3 amide bonds. The first kappa shape index (κ1) is 27.6. The van der Waals surface area contributed by atoms with Crippen LogP contribution in [0.5, 0.6) is 11.5 Å². The lowest BCUT2D eigenvalue weighted by Gasteiger charge is -2.14. The summed E-state index contributed by atoms with van der Waals surface area (Å²) in [6, 6.07) is 14.9. The van der Waals surface area contributed by atoms with Crippen molar-refractivity contribution in [1.29, 1.82) is 0 Å². The van der Waals surface area contributed by atoms with Crippen LogP contribution in [-0.4, -0.2) is 37.1 Å². The minimum absolute atomic E-state index is 0.257. The summed E-state index contributed by atoms with van der Waals surface area (Å²) in [5.41, 5.74) is 3.40. The van der Waals surface area contributed by atoms with Gasteiger partial charge < -0.3 is 20.1 Å². The number of rotatable bonds is 9. The third kappa shape index (κ3) is 8.58. The predicted octanol–water partition coefficient (Wildman–Crippen LogP) is 4.75. The molecule has 0 saturated heterocycles. The van der Waals surface area contributed by atoms with Crippen LogP contribution < -0.4 is 25.5 Å². The zero-order valence-corrected chi connectivity index (χ0v) is 21.7. The van der Waals surface area contributed by atoms with E-state index in [-0.39, 0.29) is 12.3 Å². The van der Waals surface area contributed by atoms with E-state index in [1.165, 1.54) is 18.3 Å². The highest BCUT2D eigenvalue weighted by molar-refractivity contribution is 9.10. The third-order valence-corrected chi connectivity index (χ3v) is 5.30. The van der Waals surface area contributed by atoms with E-state index in [2.05, 4.69) is 37.1 Å². The number of nitrogens with one attached hydrogen (secondary N) is 3. The number of halogens is 3. The molecule has 12 heteroatoms. The number of amides is 3. The molecule has 3 aromatic rings. The summed E-state index contributed by atoms with van der Waals surface area (Å²) in [5.74, 6) is -2.24. The molecule has 0 aliphatic heterocycles. The molecule has 3 rings (SSSR count). The molecular formula is C25H21BrClFN4O5. The molecule has 0 aliphatic rings. The Kier molecular flexibility index (Phi) is 9.99. The van der Waals surface area contributed by atoms with Crippen molar-refractivity contribution in [3.05, 3.63) is 81.5 Å². The van der Waals surface area contributed by atoms with Crippen LogP contribution >= 0.6 is 27.5 Å². The smallest absolute Gasteiger partial charge is 0.329 e. The Morgan fingerprint density at radius 2 is 1.76 bits per heavy atom. The fraction of sp³-hybridized carbons (Fsp3) is 0.120. The van der Waals surface area contributed by atoms with Crippen molar-refractivity contribution in [2.45, 2.75) is 6.92 Å². The quantitative estimate of drug-likeness (QED) is 0.189. The molecular weight excluding hydrogens is 571 g/mol. The second-order valence-electron chi connectivity index (χ2n) is 7.27. The van der Waals surface area contributed by atoms with Gasteiger partial charge >= 0.3 is 11.8 Å². The van der Waals surface area contributed by atoms with Gasteiger partial charge in [0.25, 0.3) is 5.91 Å². The molecule has 0 heterocycles. The summed E-state index contributed by atoms with van der Waals surface area (Å²) in [6.07, 6.45) is 1.30. The van der Waals surface area contributed by atoms with Gasteiger partial charge in [0.2, 0.25) is 0 Å². The summed E-state index contributed by atoms with van der Waals surface area (Å²) in [6.45, 7) is 1.81. The van der Waals surface area contributed by atoms with Crippen LogP contribution in [0.25, 0.3) is 0 Å². The molecule has 0 atom stereocenters. The van der Waals surface area contributed by atoms with Crippen LogP contribution in [0.1, 0.15) is 12.5 Å². The van der Waals surface area contributed by atoms with Crippen molar-refractivity contribution in [2.75, 3.05) is 23.8 Å². The third-order valence-electron chi connectivity index (χ3n) is 4.48. The van der Waals surface area contributed by atoms with E-state index >= 15 is 0 Å². The second-order valence-corrected chi connectivity index (χ2v) is 8.56. The average Bonchev–Trinajstić information content (AvgIpc) is 2.85. The summed E-state index contributed by atoms with van der Waals surface area (Å²) in [4.78, 5) is 36.2. The molecule has 0 fully saturated rings. The van der Waals surface area contributed by atoms with Gasteiger partial charge in [0.05, 0.1) is 17.3 Å². The van der Waals surface area contributed by atoms with Crippen LogP contribution in [0.2, 0.25) is 5.02 Å². The normalized spacial score (nSPS) is 10.6. The highest BCUT2D eigenvalue weighted by Crippen LogP contribution is 2.36. The lowest BCUT2D eigenvalue weighted by atomic mass is 10.2. The molecule has 192 valence electrons. The maximum Gasteiger partial charge on any atom is 0.329 e. The van der Waals surface area contributed by atoms with Gasteiger partial charge in [-0.15, -0.1) is 0 Å². The Bertz CT molecular complexity index is 1320. The number of benzene rings is 3. The molecule has 0 aliphatic carbocycles. The first-order valence-electron chi connectivity index (χ1n) is 10.8. The summed E-state index contributed by atoms with van der Waals surface area (Å²) in [7, 11) is 0. The molecule has 0 saturated carbocycles. The first-order valence-corrected chi connectivity index (χ1v) is 12.0. The topological polar surface area (TPSA) is 118 Å². The lowest BCUT2D eigenvalue weighted by Crippen LogP contribution is -2.32. The van der Waals surface area contributed by atoms with Crippen molar-refractivity contribution >= 4 is 62.8 Å². The maximum atomic E-state index is 13.0. The molecule has 0 aromatic heterocycles. The van der Waals surface area contributed by atoms with Gasteiger partial charge in [0.1, 0.15) is 5.82 Å². The zero-order valence-electron chi connectivity index (χ0n) is 19.4. The van der Waals surface area contributed by atoms with E-state index in [1.807, 2.05) is 0 Å². The van der Waals surface area contributed by atoms with Crippen molar-refractivity contribution in [2.24, 2.45) is 5.10 Å². The Labute approximate surface area is 225 Å². The van der Waals surface area contributed by atoms with Crippen molar-refractivity contribution in [3.63, 3.8) is 0 Å². The highest BCUT2D eigenvalue weighted by atomic mass is 79.9. The summed E-state index contributed by atoms with van der Waals surface area (Å²) >= 11 is 9.32.